The van der Waals surface area contributed by atoms with Crippen LogP contribution in [0, 0.1) is 6.92 Å². The zero-order valence-corrected chi connectivity index (χ0v) is 16.5. The summed E-state index contributed by atoms with van der Waals surface area (Å²) >= 11 is 1.56. The zero-order valence-electron chi connectivity index (χ0n) is 15.7. The van der Waals surface area contributed by atoms with Crippen molar-refractivity contribution in [3.8, 4) is 5.75 Å². The number of thiazole rings is 1. The molecule has 0 radical (unpaired) electrons. The lowest BCUT2D eigenvalue weighted by Gasteiger charge is -2.11. The molecule has 2 aromatic heterocycles. The molecule has 1 atom stereocenters. The van der Waals surface area contributed by atoms with Gasteiger partial charge in [-0.25, -0.2) is 4.98 Å². The number of nitrogens with one attached hydrogen (secondary N) is 2. The van der Waals surface area contributed by atoms with Gasteiger partial charge >= 0.3 is 0 Å². The van der Waals surface area contributed by atoms with Crippen LogP contribution < -0.4 is 15.4 Å². The summed E-state index contributed by atoms with van der Waals surface area (Å²) in [7, 11) is 1.74. The van der Waals surface area contributed by atoms with Crippen molar-refractivity contribution >= 4 is 34.1 Å². The van der Waals surface area contributed by atoms with Crippen molar-refractivity contribution in [3.63, 3.8) is 0 Å². The van der Waals surface area contributed by atoms with Crippen LogP contribution in [0.25, 0.3) is 10.9 Å². The second-order valence-corrected chi connectivity index (χ2v) is 7.75. The van der Waals surface area contributed by atoms with Gasteiger partial charge in [-0.2, -0.15) is 5.10 Å². The summed E-state index contributed by atoms with van der Waals surface area (Å²) in [5.74, 6) is 0.482. The highest BCUT2D eigenvalue weighted by Crippen LogP contribution is 2.25. The second-order valence-electron chi connectivity index (χ2n) is 6.81. The van der Waals surface area contributed by atoms with E-state index in [1.165, 1.54) is 0 Å². The van der Waals surface area contributed by atoms with Gasteiger partial charge in [0.25, 0.3) is 5.91 Å². The SMILES string of the molecule is Cc1ncsc1COc1ccc2nn(C)c(C(=O)NCC3CCC(=O)N3)c2c1. The summed E-state index contributed by atoms with van der Waals surface area (Å²) in [5.41, 5.74) is 3.96. The first kappa shape index (κ1) is 18.4. The Morgan fingerprint density at radius 2 is 2.32 bits per heavy atom. The third-order valence-corrected chi connectivity index (χ3v) is 5.74. The fourth-order valence-corrected chi connectivity index (χ4v) is 3.97. The number of fused-ring (bicyclic) bond motifs is 1. The van der Waals surface area contributed by atoms with E-state index in [1.807, 2.05) is 25.1 Å². The molecule has 146 valence electrons. The number of nitrogens with zero attached hydrogens (tertiary/aromatic N) is 3. The van der Waals surface area contributed by atoms with E-state index in [9.17, 15) is 9.59 Å². The van der Waals surface area contributed by atoms with E-state index >= 15 is 0 Å². The number of aromatic nitrogens is 3. The van der Waals surface area contributed by atoms with Gasteiger partial charge < -0.3 is 15.4 Å². The molecule has 2 amide bonds. The minimum absolute atomic E-state index is 0.0162. The molecule has 1 saturated heterocycles. The van der Waals surface area contributed by atoms with Crippen molar-refractivity contribution in [1.82, 2.24) is 25.4 Å². The fraction of sp³-hybridized carbons (Fsp3) is 0.368. The Hall–Kier alpha value is -2.94. The van der Waals surface area contributed by atoms with E-state index < -0.39 is 0 Å². The summed E-state index contributed by atoms with van der Waals surface area (Å²) in [4.78, 5) is 29.3. The highest BCUT2D eigenvalue weighted by atomic mass is 32.1. The lowest BCUT2D eigenvalue weighted by atomic mass is 10.2. The largest absolute Gasteiger partial charge is 0.488 e. The van der Waals surface area contributed by atoms with E-state index in [-0.39, 0.29) is 17.9 Å². The summed E-state index contributed by atoms with van der Waals surface area (Å²) in [6, 6.07) is 5.52. The normalized spacial score (nSPS) is 16.4. The standard InChI is InChI=1S/C19H21N5O3S/c1-11-16(28-10-21-11)9-27-13-4-5-15-14(7-13)18(24(2)23-15)19(26)20-8-12-3-6-17(25)22-12/h4-5,7,10,12H,3,6,8-9H2,1-2H3,(H,20,26)(H,22,25). The third kappa shape index (κ3) is 3.70. The molecule has 1 fully saturated rings. The summed E-state index contributed by atoms with van der Waals surface area (Å²) < 4.78 is 7.46. The number of amides is 2. The number of rotatable bonds is 6. The molecule has 1 unspecified atom stereocenters. The Morgan fingerprint density at radius 3 is 3.04 bits per heavy atom. The van der Waals surface area contributed by atoms with Gasteiger partial charge in [-0.15, -0.1) is 11.3 Å². The smallest absolute Gasteiger partial charge is 0.270 e. The lowest BCUT2D eigenvalue weighted by molar-refractivity contribution is -0.119. The van der Waals surface area contributed by atoms with Crippen LogP contribution in [0.1, 0.15) is 33.9 Å². The Labute approximate surface area is 165 Å². The molecule has 1 aliphatic rings. The zero-order chi connectivity index (χ0) is 19.7. The monoisotopic (exact) mass is 399 g/mol. The molecular formula is C19H21N5O3S. The summed E-state index contributed by atoms with van der Waals surface area (Å²) in [5, 5.41) is 10.9. The fourth-order valence-electron chi connectivity index (χ4n) is 3.28. The molecule has 8 nitrogen and oxygen atoms in total. The van der Waals surface area contributed by atoms with E-state index in [2.05, 4.69) is 20.7 Å². The molecule has 2 N–H and O–H groups in total. The molecular weight excluding hydrogens is 378 g/mol. The number of ether oxygens (including phenoxy) is 1. The van der Waals surface area contributed by atoms with Gasteiger partial charge in [0.05, 0.1) is 21.6 Å². The van der Waals surface area contributed by atoms with Crippen LogP contribution in [0.3, 0.4) is 0 Å². The maximum atomic E-state index is 12.7. The number of benzene rings is 1. The third-order valence-electron chi connectivity index (χ3n) is 4.83. The van der Waals surface area contributed by atoms with Crippen LogP contribution in [0.15, 0.2) is 23.7 Å². The Balaban J connectivity index is 1.50. The van der Waals surface area contributed by atoms with Crippen LogP contribution in [0.5, 0.6) is 5.75 Å². The summed E-state index contributed by atoms with van der Waals surface area (Å²) in [6.45, 7) is 2.79. The molecule has 3 aromatic rings. The van der Waals surface area contributed by atoms with Crippen LogP contribution >= 0.6 is 11.3 Å². The molecule has 3 heterocycles. The van der Waals surface area contributed by atoms with Crippen molar-refractivity contribution in [2.24, 2.45) is 7.05 Å². The molecule has 4 rings (SSSR count). The molecule has 0 spiro atoms. The molecule has 0 saturated carbocycles. The number of hydrogen-bond donors (Lipinski definition) is 2. The van der Waals surface area contributed by atoms with E-state index in [4.69, 9.17) is 4.74 Å². The van der Waals surface area contributed by atoms with Gasteiger partial charge in [0, 0.05) is 31.4 Å². The van der Waals surface area contributed by atoms with Crippen molar-refractivity contribution in [1.29, 1.82) is 0 Å². The van der Waals surface area contributed by atoms with Crippen molar-refractivity contribution in [2.75, 3.05) is 6.54 Å². The first-order chi connectivity index (χ1) is 13.5. The molecule has 1 aromatic carbocycles. The molecule has 1 aliphatic heterocycles. The maximum Gasteiger partial charge on any atom is 0.270 e. The molecule has 28 heavy (non-hydrogen) atoms. The highest BCUT2D eigenvalue weighted by Gasteiger charge is 2.23. The second kappa shape index (κ2) is 7.59. The van der Waals surface area contributed by atoms with Gasteiger partial charge in [0.1, 0.15) is 18.1 Å². The maximum absolute atomic E-state index is 12.7. The van der Waals surface area contributed by atoms with E-state index in [1.54, 1.807) is 28.6 Å². The van der Waals surface area contributed by atoms with E-state index in [0.717, 1.165) is 27.9 Å². The Kier molecular flexibility index (Phi) is 4.99. The van der Waals surface area contributed by atoms with E-state index in [0.29, 0.717) is 31.0 Å². The average Bonchev–Trinajstić information content (AvgIpc) is 3.36. The predicted octanol–water partition coefficient (Wildman–Crippen LogP) is 1.93. The van der Waals surface area contributed by atoms with Crippen molar-refractivity contribution in [2.45, 2.75) is 32.4 Å². The number of hydrogen-bond acceptors (Lipinski definition) is 6. The molecule has 0 bridgehead atoms. The first-order valence-electron chi connectivity index (χ1n) is 9.07. The number of carbonyl (C=O) groups excluding carboxylic acids is 2. The van der Waals surface area contributed by atoms with Crippen molar-refractivity contribution in [3.05, 3.63) is 40.0 Å². The quantitative estimate of drug-likeness (QED) is 0.660. The summed E-state index contributed by atoms with van der Waals surface area (Å²) in [6.07, 6.45) is 1.25. The van der Waals surface area contributed by atoms with Gasteiger partial charge in [0.2, 0.25) is 5.91 Å². The topological polar surface area (TPSA) is 98.1 Å². The van der Waals surface area contributed by atoms with Crippen molar-refractivity contribution < 1.29 is 14.3 Å². The minimum Gasteiger partial charge on any atom is -0.488 e. The number of aryl methyl sites for hydroxylation is 2. The highest BCUT2D eigenvalue weighted by molar-refractivity contribution is 7.09. The van der Waals surface area contributed by atoms with Gasteiger partial charge in [-0.1, -0.05) is 0 Å². The van der Waals surface area contributed by atoms with Crippen LogP contribution in [0.4, 0.5) is 0 Å². The van der Waals surface area contributed by atoms with Gasteiger partial charge in [0.15, 0.2) is 0 Å². The molecule has 0 aliphatic carbocycles. The average molecular weight is 399 g/mol. The number of carbonyl (C=O) groups is 2. The van der Waals surface area contributed by atoms with Gasteiger partial charge in [-0.3, -0.25) is 14.3 Å². The first-order valence-corrected chi connectivity index (χ1v) is 9.95. The predicted molar refractivity (Wildman–Crippen MR) is 105 cm³/mol. The minimum atomic E-state index is -0.221. The van der Waals surface area contributed by atoms with Crippen LogP contribution in [-0.2, 0) is 18.4 Å². The Bertz CT molecular complexity index is 1040. The Morgan fingerprint density at radius 1 is 1.46 bits per heavy atom. The van der Waals surface area contributed by atoms with Gasteiger partial charge in [-0.05, 0) is 31.5 Å². The van der Waals surface area contributed by atoms with Crippen LogP contribution in [0.2, 0.25) is 0 Å². The van der Waals surface area contributed by atoms with Crippen LogP contribution in [-0.4, -0.2) is 39.2 Å². The lowest BCUT2D eigenvalue weighted by Crippen LogP contribution is -2.39. The molecule has 9 heteroatoms.